The molecule has 0 radical (unpaired) electrons. The van der Waals surface area contributed by atoms with E-state index in [0.717, 1.165) is 28.9 Å². The standard InChI is InChI=1S/C11H6Cl4N2OS2/c12-6-2-1-5(7(13)3-6)4-19-11(18)16-10-8(14)9(15)17-20-10/h1-3H,4H2,(H,16,18). The largest absolute Gasteiger partial charge is 0.306 e. The molecule has 0 aliphatic heterocycles. The molecule has 0 atom stereocenters. The van der Waals surface area contributed by atoms with E-state index in [9.17, 15) is 4.79 Å². The highest BCUT2D eigenvalue weighted by Crippen LogP contribution is 2.34. The molecular weight excluding hydrogens is 382 g/mol. The number of rotatable bonds is 3. The first-order chi connectivity index (χ1) is 9.47. The number of nitrogens with one attached hydrogen (secondary N) is 1. The third-order valence-corrected chi connectivity index (χ3v) is 5.31. The molecule has 1 aromatic heterocycles. The number of carbonyl (C=O) groups is 1. The fourth-order valence-corrected chi connectivity index (χ4v) is 3.65. The van der Waals surface area contributed by atoms with Gasteiger partial charge in [-0.25, -0.2) is 0 Å². The van der Waals surface area contributed by atoms with Crippen LogP contribution in [0.25, 0.3) is 0 Å². The highest BCUT2D eigenvalue weighted by Gasteiger charge is 2.13. The Hall–Kier alpha value is -0.170. The van der Waals surface area contributed by atoms with Crippen LogP contribution in [-0.4, -0.2) is 9.61 Å². The molecule has 0 spiro atoms. The zero-order valence-electron chi connectivity index (χ0n) is 9.62. The van der Waals surface area contributed by atoms with E-state index in [1.807, 2.05) is 0 Å². The lowest BCUT2D eigenvalue weighted by Gasteiger charge is -2.05. The molecule has 2 aromatic rings. The van der Waals surface area contributed by atoms with Crippen molar-refractivity contribution in [2.45, 2.75) is 5.75 Å². The predicted octanol–water partition coefficient (Wildman–Crippen LogP) is 6.22. The Morgan fingerprint density at radius 2 is 2.05 bits per heavy atom. The lowest BCUT2D eigenvalue weighted by molar-refractivity contribution is 0.270. The maximum Gasteiger partial charge on any atom is 0.284 e. The van der Waals surface area contributed by atoms with E-state index >= 15 is 0 Å². The molecule has 0 saturated carbocycles. The van der Waals surface area contributed by atoms with Gasteiger partial charge in [0.1, 0.15) is 10.0 Å². The number of thioether (sulfide) groups is 1. The Morgan fingerprint density at radius 3 is 2.65 bits per heavy atom. The average Bonchev–Trinajstić information content (AvgIpc) is 2.70. The fraction of sp³-hybridized carbons (Fsp3) is 0.0909. The summed E-state index contributed by atoms with van der Waals surface area (Å²) in [5.74, 6) is 0.423. The van der Waals surface area contributed by atoms with Crippen LogP contribution in [0.2, 0.25) is 20.2 Å². The number of nitrogens with zero attached hydrogens (tertiary/aromatic N) is 1. The third kappa shape index (κ3) is 4.16. The summed E-state index contributed by atoms with van der Waals surface area (Å²) in [7, 11) is 0. The van der Waals surface area contributed by atoms with Gasteiger partial charge in [-0.2, -0.15) is 4.37 Å². The van der Waals surface area contributed by atoms with Crippen molar-refractivity contribution in [1.29, 1.82) is 0 Å². The van der Waals surface area contributed by atoms with Gasteiger partial charge in [0, 0.05) is 15.8 Å². The molecule has 0 aliphatic rings. The summed E-state index contributed by atoms with van der Waals surface area (Å²) < 4.78 is 3.83. The highest BCUT2D eigenvalue weighted by atomic mass is 35.5. The first-order valence-corrected chi connectivity index (χ1v) is 8.43. The van der Waals surface area contributed by atoms with Crippen molar-refractivity contribution < 1.29 is 4.79 Å². The molecule has 20 heavy (non-hydrogen) atoms. The minimum atomic E-state index is -0.266. The molecule has 9 heteroatoms. The number of aromatic nitrogens is 1. The minimum absolute atomic E-state index is 0.178. The maximum atomic E-state index is 11.8. The number of hydrogen-bond donors (Lipinski definition) is 1. The lowest BCUT2D eigenvalue weighted by Crippen LogP contribution is -2.04. The molecule has 0 aliphatic carbocycles. The quantitative estimate of drug-likeness (QED) is 0.679. The van der Waals surface area contributed by atoms with Crippen LogP contribution in [0, 0.1) is 0 Å². The van der Waals surface area contributed by atoms with E-state index in [1.165, 1.54) is 0 Å². The summed E-state index contributed by atoms with van der Waals surface area (Å²) in [6, 6.07) is 5.14. The van der Waals surface area contributed by atoms with Crippen LogP contribution < -0.4 is 5.32 Å². The Bertz CT molecular complexity index is 647. The van der Waals surface area contributed by atoms with Crippen molar-refractivity contribution >= 4 is 79.9 Å². The second kappa shape index (κ2) is 7.20. The molecule has 0 fully saturated rings. The molecule has 2 rings (SSSR count). The summed E-state index contributed by atoms with van der Waals surface area (Å²) in [4.78, 5) is 11.8. The molecule has 1 aromatic carbocycles. The molecule has 0 saturated heterocycles. The van der Waals surface area contributed by atoms with Gasteiger partial charge < -0.3 is 5.32 Å². The highest BCUT2D eigenvalue weighted by molar-refractivity contribution is 8.13. The zero-order valence-corrected chi connectivity index (χ0v) is 14.3. The Morgan fingerprint density at radius 1 is 1.30 bits per heavy atom. The van der Waals surface area contributed by atoms with Crippen molar-refractivity contribution in [1.82, 2.24) is 4.37 Å². The van der Waals surface area contributed by atoms with Crippen LogP contribution in [-0.2, 0) is 5.75 Å². The molecule has 0 unspecified atom stereocenters. The van der Waals surface area contributed by atoms with Crippen LogP contribution in [0.5, 0.6) is 0 Å². The van der Waals surface area contributed by atoms with Crippen LogP contribution in [0.3, 0.4) is 0 Å². The summed E-state index contributed by atoms with van der Waals surface area (Å²) in [5, 5.41) is 4.29. The smallest absolute Gasteiger partial charge is 0.284 e. The molecule has 1 heterocycles. The van der Waals surface area contributed by atoms with E-state index in [-0.39, 0.29) is 15.4 Å². The van der Waals surface area contributed by atoms with Gasteiger partial charge in [0.05, 0.1) is 0 Å². The third-order valence-electron chi connectivity index (χ3n) is 2.19. The molecule has 1 amide bonds. The second-order valence-corrected chi connectivity index (χ2v) is 6.85. The zero-order chi connectivity index (χ0) is 14.7. The monoisotopic (exact) mass is 386 g/mol. The van der Waals surface area contributed by atoms with Gasteiger partial charge in [0.15, 0.2) is 5.15 Å². The number of anilines is 1. The Kier molecular flexibility index (Phi) is 5.84. The molecule has 106 valence electrons. The van der Waals surface area contributed by atoms with Crippen molar-refractivity contribution in [3.63, 3.8) is 0 Å². The normalized spacial score (nSPS) is 10.6. The van der Waals surface area contributed by atoms with Crippen molar-refractivity contribution in [3.8, 4) is 0 Å². The van der Waals surface area contributed by atoms with Gasteiger partial charge in [0.2, 0.25) is 0 Å². The average molecular weight is 388 g/mol. The minimum Gasteiger partial charge on any atom is -0.306 e. The van der Waals surface area contributed by atoms with Crippen LogP contribution in [0.1, 0.15) is 5.56 Å². The molecule has 0 bridgehead atoms. The number of amides is 1. The van der Waals surface area contributed by atoms with Crippen LogP contribution in [0.15, 0.2) is 18.2 Å². The van der Waals surface area contributed by atoms with Crippen molar-refractivity contribution in [2.24, 2.45) is 0 Å². The van der Waals surface area contributed by atoms with E-state index in [1.54, 1.807) is 18.2 Å². The molecule has 1 N–H and O–H groups in total. The van der Waals surface area contributed by atoms with E-state index in [4.69, 9.17) is 46.4 Å². The first-order valence-electron chi connectivity index (χ1n) is 5.15. The fourth-order valence-electron chi connectivity index (χ4n) is 1.25. The molecular formula is C11H6Cl4N2OS2. The topological polar surface area (TPSA) is 42.0 Å². The van der Waals surface area contributed by atoms with Gasteiger partial charge >= 0.3 is 0 Å². The SMILES string of the molecule is O=C(Nc1snc(Cl)c1Cl)SCc1ccc(Cl)cc1Cl. The Balaban J connectivity index is 1.94. The summed E-state index contributed by atoms with van der Waals surface area (Å²) in [5.41, 5.74) is 0.824. The number of carbonyl (C=O) groups excluding carboxylic acids is 1. The van der Waals surface area contributed by atoms with Gasteiger partial charge in [0.25, 0.3) is 5.24 Å². The van der Waals surface area contributed by atoms with Gasteiger partial charge in [-0.1, -0.05) is 64.2 Å². The van der Waals surface area contributed by atoms with Crippen LogP contribution >= 0.6 is 69.7 Å². The summed E-state index contributed by atoms with van der Waals surface area (Å²) >= 11 is 25.5. The van der Waals surface area contributed by atoms with Gasteiger partial charge in [-0.3, -0.25) is 4.79 Å². The number of hydrogen-bond acceptors (Lipinski definition) is 4. The van der Waals surface area contributed by atoms with Crippen LogP contribution in [0.4, 0.5) is 9.80 Å². The van der Waals surface area contributed by atoms with Crippen molar-refractivity contribution in [2.75, 3.05) is 5.32 Å². The number of halogens is 4. The number of benzene rings is 1. The Labute approximate surface area is 143 Å². The summed E-state index contributed by atoms with van der Waals surface area (Å²) in [6.07, 6.45) is 0. The first kappa shape index (κ1) is 16.2. The van der Waals surface area contributed by atoms with Gasteiger partial charge in [-0.15, -0.1) is 0 Å². The van der Waals surface area contributed by atoms with E-state index < -0.39 is 0 Å². The maximum absolute atomic E-state index is 11.8. The van der Waals surface area contributed by atoms with E-state index in [0.29, 0.717) is 20.8 Å². The summed E-state index contributed by atoms with van der Waals surface area (Å²) in [6.45, 7) is 0. The van der Waals surface area contributed by atoms with Gasteiger partial charge in [-0.05, 0) is 29.2 Å². The van der Waals surface area contributed by atoms with Crippen molar-refractivity contribution in [3.05, 3.63) is 44.0 Å². The molecule has 3 nitrogen and oxygen atoms in total. The van der Waals surface area contributed by atoms with E-state index in [2.05, 4.69) is 9.69 Å². The lowest BCUT2D eigenvalue weighted by atomic mass is 10.2. The second-order valence-electron chi connectivity index (χ2n) is 3.55. The predicted molar refractivity (Wildman–Crippen MR) is 88.9 cm³/mol.